The third kappa shape index (κ3) is 4.08. The van der Waals surface area contributed by atoms with Gasteiger partial charge in [-0.3, -0.25) is 9.63 Å². The molecule has 16 heavy (non-hydrogen) atoms. The first kappa shape index (κ1) is 13.4. The zero-order valence-electron chi connectivity index (χ0n) is 10.2. The van der Waals surface area contributed by atoms with Crippen LogP contribution >= 0.6 is 0 Å². The number of hydrogen-bond donors (Lipinski definition) is 1. The van der Waals surface area contributed by atoms with Crippen LogP contribution < -0.4 is 5.90 Å². The van der Waals surface area contributed by atoms with Gasteiger partial charge in [-0.25, -0.2) is 5.90 Å². The number of nitrogens with two attached hydrogens (primary N) is 1. The van der Waals surface area contributed by atoms with E-state index in [9.17, 15) is 4.79 Å². The van der Waals surface area contributed by atoms with Crippen molar-refractivity contribution in [2.45, 2.75) is 51.2 Å². The molecule has 0 unspecified atom stereocenters. The molecule has 1 aliphatic rings. The van der Waals surface area contributed by atoms with Gasteiger partial charge in [-0.2, -0.15) is 0 Å². The van der Waals surface area contributed by atoms with Gasteiger partial charge >= 0.3 is 5.97 Å². The van der Waals surface area contributed by atoms with Gasteiger partial charge in [-0.15, -0.1) is 0 Å². The second-order valence-corrected chi connectivity index (χ2v) is 5.18. The number of carbonyl (C=O) groups is 1. The lowest BCUT2D eigenvalue weighted by Crippen LogP contribution is -2.44. The zero-order valence-corrected chi connectivity index (χ0v) is 10.2. The fraction of sp³-hybridized carbons (Fsp3) is 0.909. The van der Waals surface area contributed by atoms with E-state index in [-0.39, 0.29) is 12.4 Å². The summed E-state index contributed by atoms with van der Waals surface area (Å²) in [6, 6.07) is 0. The highest BCUT2D eigenvalue weighted by Gasteiger charge is 2.37. The monoisotopic (exact) mass is 231 g/mol. The van der Waals surface area contributed by atoms with E-state index in [0.717, 1.165) is 0 Å². The molecule has 1 heterocycles. The van der Waals surface area contributed by atoms with Gasteiger partial charge in [0.1, 0.15) is 11.2 Å². The average Bonchev–Trinajstić information content (AvgIpc) is 2.16. The van der Waals surface area contributed by atoms with Crippen molar-refractivity contribution >= 4 is 5.97 Å². The Kier molecular flexibility index (Phi) is 4.29. The minimum atomic E-state index is -0.611. The molecule has 1 aliphatic heterocycles. The highest BCUT2D eigenvalue weighted by molar-refractivity contribution is 5.71. The summed E-state index contributed by atoms with van der Waals surface area (Å²) in [6.45, 7) is 6.65. The van der Waals surface area contributed by atoms with Crippen molar-refractivity contribution in [2.24, 2.45) is 5.90 Å². The lowest BCUT2D eigenvalue weighted by molar-refractivity contribution is -0.170. The number of carbonyl (C=O) groups excluding carboxylic acids is 1. The van der Waals surface area contributed by atoms with Gasteiger partial charge in [-0.05, 0) is 20.8 Å². The maximum Gasteiger partial charge on any atom is 0.309 e. The second kappa shape index (κ2) is 5.12. The molecule has 94 valence electrons. The molecule has 2 N–H and O–H groups in total. The van der Waals surface area contributed by atoms with E-state index >= 15 is 0 Å². The van der Waals surface area contributed by atoms with E-state index in [1.54, 1.807) is 0 Å². The quantitative estimate of drug-likeness (QED) is 0.583. The predicted octanol–water partition coefficient (Wildman–Crippen LogP) is 1.16. The Labute approximate surface area is 96.2 Å². The van der Waals surface area contributed by atoms with Gasteiger partial charge < -0.3 is 9.47 Å². The van der Waals surface area contributed by atoms with E-state index in [1.807, 2.05) is 20.8 Å². The molecule has 0 radical (unpaired) electrons. The van der Waals surface area contributed by atoms with E-state index in [1.165, 1.54) is 0 Å². The maximum absolute atomic E-state index is 11.7. The standard InChI is InChI=1S/C11H21NO4/c1-10(2,3)15-9(13)8-11(16-12)4-6-14-7-5-11/h4-8,12H2,1-3H3. The van der Waals surface area contributed by atoms with E-state index in [0.29, 0.717) is 26.1 Å². The molecule has 0 atom stereocenters. The highest BCUT2D eigenvalue weighted by atomic mass is 16.6. The van der Waals surface area contributed by atoms with Crippen LogP contribution in [0.2, 0.25) is 0 Å². The summed E-state index contributed by atoms with van der Waals surface area (Å²) in [5.74, 6) is 5.01. The Bertz CT molecular complexity index is 241. The molecule has 5 nitrogen and oxygen atoms in total. The lowest BCUT2D eigenvalue weighted by Gasteiger charge is -2.34. The number of esters is 1. The third-order valence-electron chi connectivity index (χ3n) is 2.54. The first-order valence-corrected chi connectivity index (χ1v) is 5.54. The van der Waals surface area contributed by atoms with Crippen molar-refractivity contribution in [1.29, 1.82) is 0 Å². The topological polar surface area (TPSA) is 70.8 Å². The van der Waals surface area contributed by atoms with Gasteiger partial charge in [0.05, 0.1) is 6.42 Å². The van der Waals surface area contributed by atoms with Crippen LogP contribution in [0.25, 0.3) is 0 Å². The molecule has 0 amide bonds. The van der Waals surface area contributed by atoms with Crippen molar-refractivity contribution < 1.29 is 19.1 Å². The summed E-state index contributed by atoms with van der Waals surface area (Å²) in [5.41, 5.74) is -1.08. The van der Waals surface area contributed by atoms with E-state index in [2.05, 4.69) is 0 Å². The first-order valence-electron chi connectivity index (χ1n) is 5.54. The maximum atomic E-state index is 11.7. The minimum Gasteiger partial charge on any atom is -0.460 e. The van der Waals surface area contributed by atoms with Crippen molar-refractivity contribution in [3.63, 3.8) is 0 Å². The van der Waals surface area contributed by atoms with Crippen LogP contribution in [-0.4, -0.2) is 30.4 Å². The summed E-state index contributed by atoms with van der Waals surface area (Å²) in [5, 5.41) is 0. The van der Waals surface area contributed by atoms with Crippen molar-refractivity contribution in [3.8, 4) is 0 Å². The Morgan fingerprint density at radius 3 is 2.38 bits per heavy atom. The molecule has 0 spiro atoms. The largest absolute Gasteiger partial charge is 0.460 e. The Morgan fingerprint density at radius 1 is 1.38 bits per heavy atom. The van der Waals surface area contributed by atoms with E-state index in [4.69, 9.17) is 20.2 Å². The number of hydrogen-bond acceptors (Lipinski definition) is 5. The molecule has 0 aliphatic carbocycles. The van der Waals surface area contributed by atoms with Crippen LogP contribution in [0.15, 0.2) is 0 Å². The molecule has 1 fully saturated rings. The SMILES string of the molecule is CC(C)(C)OC(=O)CC1(ON)CCOCC1. The summed E-state index contributed by atoms with van der Waals surface area (Å²) < 4.78 is 10.5. The molecule has 1 saturated heterocycles. The van der Waals surface area contributed by atoms with Crippen LogP contribution in [0.3, 0.4) is 0 Å². The van der Waals surface area contributed by atoms with E-state index < -0.39 is 11.2 Å². The molecule has 0 aromatic rings. The molecule has 0 saturated carbocycles. The first-order chi connectivity index (χ1) is 7.37. The Morgan fingerprint density at radius 2 is 1.94 bits per heavy atom. The molecule has 5 heteroatoms. The van der Waals surface area contributed by atoms with Gasteiger partial charge in [0.2, 0.25) is 0 Å². The smallest absolute Gasteiger partial charge is 0.309 e. The van der Waals surface area contributed by atoms with Gasteiger partial charge in [0.15, 0.2) is 0 Å². The Balaban J connectivity index is 2.52. The molecule has 0 bridgehead atoms. The summed E-state index contributed by atoms with van der Waals surface area (Å²) >= 11 is 0. The fourth-order valence-electron chi connectivity index (χ4n) is 1.72. The number of ether oxygens (including phenoxy) is 2. The summed E-state index contributed by atoms with van der Waals surface area (Å²) in [4.78, 5) is 16.7. The van der Waals surface area contributed by atoms with Gasteiger partial charge in [0.25, 0.3) is 0 Å². The summed E-state index contributed by atoms with van der Waals surface area (Å²) in [6.07, 6.45) is 1.44. The molecular weight excluding hydrogens is 210 g/mol. The fourth-order valence-corrected chi connectivity index (χ4v) is 1.72. The van der Waals surface area contributed by atoms with Crippen molar-refractivity contribution in [1.82, 2.24) is 0 Å². The third-order valence-corrected chi connectivity index (χ3v) is 2.54. The highest BCUT2D eigenvalue weighted by Crippen LogP contribution is 2.28. The van der Waals surface area contributed by atoms with Crippen LogP contribution in [-0.2, 0) is 19.1 Å². The zero-order chi connectivity index (χ0) is 12.2. The average molecular weight is 231 g/mol. The van der Waals surface area contributed by atoms with Crippen molar-refractivity contribution in [2.75, 3.05) is 13.2 Å². The molecule has 1 rings (SSSR count). The predicted molar refractivity (Wildman–Crippen MR) is 58.5 cm³/mol. The second-order valence-electron chi connectivity index (χ2n) is 5.18. The molecular formula is C11H21NO4. The normalized spacial score (nSPS) is 20.5. The van der Waals surface area contributed by atoms with Crippen LogP contribution in [0, 0.1) is 0 Å². The van der Waals surface area contributed by atoms with Crippen LogP contribution in [0.4, 0.5) is 0 Å². The van der Waals surface area contributed by atoms with Crippen LogP contribution in [0.1, 0.15) is 40.0 Å². The molecule has 0 aromatic carbocycles. The number of rotatable bonds is 3. The summed E-state index contributed by atoms with van der Waals surface area (Å²) in [7, 11) is 0. The van der Waals surface area contributed by atoms with Crippen molar-refractivity contribution in [3.05, 3.63) is 0 Å². The van der Waals surface area contributed by atoms with Crippen LogP contribution in [0.5, 0.6) is 0 Å². The molecule has 0 aromatic heterocycles. The Hall–Kier alpha value is -0.650. The van der Waals surface area contributed by atoms with Gasteiger partial charge in [-0.1, -0.05) is 0 Å². The minimum absolute atomic E-state index is 0.185. The van der Waals surface area contributed by atoms with Gasteiger partial charge in [0, 0.05) is 26.1 Å². The lowest BCUT2D eigenvalue weighted by atomic mass is 9.90.